The Labute approximate surface area is 113 Å². The average molecular weight is 244 g/mol. The van der Waals surface area contributed by atoms with Crippen LogP contribution in [0.2, 0.25) is 0 Å². The first kappa shape index (κ1) is 10.8. The number of hydrogen-bond acceptors (Lipinski definition) is 0. The second-order valence-corrected chi connectivity index (χ2v) is 5.97. The van der Waals surface area contributed by atoms with E-state index in [-0.39, 0.29) is 5.41 Å². The number of rotatable bonds is 0. The SMILES string of the molecule is CC1(C)C=Cc2cccc3ccc4cccc1c4c23. The molecule has 0 N–H and O–H groups in total. The van der Waals surface area contributed by atoms with Gasteiger partial charge in [-0.1, -0.05) is 74.5 Å². The van der Waals surface area contributed by atoms with Crippen molar-refractivity contribution in [1.82, 2.24) is 0 Å². The normalized spacial score (nSPS) is 16.1. The standard InChI is InChI=1S/C19H16/c1-19(2)12-11-15-6-3-5-13-9-10-14-7-4-8-16(19)18(14)17(13)15/h3-12H,1-2H3. The highest BCUT2D eigenvalue weighted by Gasteiger charge is 2.23. The second kappa shape index (κ2) is 3.48. The van der Waals surface area contributed by atoms with Crippen LogP contribution in [0.4, 0.5) is 0 Å². The molecule has 0 atom stereocenters. The Bertz CT molecular complexity index is 835. The highest BCUT2D eigenvalue weighted by Crippen LogP contribution is 2.40. The van der Waals surface area contributed by atoms with E-state index in [1.54, 1.807) is 0 Å². The van der Waals surface area contributed by atoms with Crippen molar-refractivity contribution in [2.45, 2.75) is 19.3 Å². The number of allylic oxidation sites excluding steroid dienone is 1. The largest absolute Gasteiger partial charge is 0.0738 e. The van der Waals surface area contributed by atoms with Gasteiger partial charge in [0.15, 0.2) is 0 Å². The number of hydrogen-bond donors (Lipinski definition) is 0. The smallest absolute Gasteiger partial charge is 0.00850 e. The van der Waals surface area contributed by atoms with Gasteiger partial charge in [0.05, 0.1) is 0 Å². The van der Waals surface area contributed by atoms with Gasteiger partial charge in [-0.15, -0.1) is 0 Å². The molecule has 3 aromatic rings. The predicted octanol–water partition coefficient (Wildman–Crippen LogP) is 5.30. The van der Waals surface area contributed by atoms with Crippen LogP contribution in [0.5, 0.6) is 0 Å². The molecule has 0 amide bonds. The quantitative estimate of drug-likeness (QED) is 0.471. The predicted molar refractivity (Wildman–Crippen MR) is 83.5 cm³/mol. The molecular weight excluding hydrogens is 228 g/mol. The van der Waals surface area contributed by atoms with Crippen LogP contribution in [-0.2, 0) is 5.41 Å². The van der Waals surface area contributed by atoms with Crippen LogP contribution in [0, 0.1) is 0 Å². The summed E-state index contributed by atoms with van der Waals surface area (Å²) >= 11 is 0. The van der Waals surface area contributed by atoms with E-state index in [4.69, 9.17) is 0 Å². The maximum atomic E-state index is 2.33. The van der Waals surface area contributed by atoms with Crippen LogP contribution < -0.4 is 0 Å². The lowest BCUT2D eigenvalue weighted by atomic mass is 9.82. The minimum Gasteiger partial charge on any atom is -0.0738 e. The second-order valence-electron chi connectivity index (χ2n) is 5.97. The summed E-state index contributed by atoms with van der Waals surface area (Å²) in [5.74, 6) is 0. The van der Waals surface area contributed by atoms with Crippen molar-refractivity contribution in [2.24, 2.45) is 0 Å². The molecule has 0 aromatic heterocycles. The van der Waals surface area contributed by atoms with Crippen LogP contribution in [-0.4, -0.2) is 0 Å². The zero-order chi connectivity index (χ0) is 13.0. The molecule has 4 rings (SSSR count). The molecule has 0 bridgehead atoms. The van der Waals surface area contributed by atoms with Crippen LogP contribution >= 0.6 is 0 Å². The summed E-state index contributed by atoms with van der Waals surface area (Å²) in [5.41, 5.74) is 2.84. The third kappa shape index (κ3) is 1.40. The number of benzene rings is 3. The van der Waals surface area contributed by atoms with Gasteiger partial charge < -0.3 is 0 Å². The summed E-state index contributed by atoms with van der Waals surface area (Å²) in [4.78, 5) is 0. The van der Waals surface area contributed by atoms with Gasteiger partial charge in [-0.3, -0.25) is 0 Å². The summed E-state index contributed by atoms with van der Waals surface area (Å²) in [7, 11) is 0. The lowest BCUT2D eigenvalue weighted by Gasteiger charge is -2.22. The van der Waals surface area contributed by atoms with E-state index >= 15 is 0 Å². The molecule has 0 heteroatoms. The summed E-state index contributed by atoms with van der Waals surface area (Å²) in [5, 5.41) is 5.50. The molecule has 1 aliphatic rings. The van der Waals surface area contributed by atoms with Gasteiger partial charge in [0.1, 0.15) is 0 Å². The van der Waals surface area contributed by atoms with Gasteiger partial charge in [0, 0.05) is 5.41 Å². The van der Waals surface area contributed by atoms with Crippen molar-refractivity contribution in [1.29, 1.82) is 0 Å². The van der Waals surface area contributed by atoms with Crippen LogP contribution in [0.3, 0.4) is 0 Å². The zero-order valence-corrected chi connectivity index (χ0v) is 11.3. The Kier molecular flexibility index (Phi) is 1.98. The van der Waals surface area contributed by atoms with Gasteiger partial charge in [-0.2, -0.15) is 0 Å². The molecule has 0 aliphatic heterocycles. The monoisotopic (exact) mass is 244 g/mol. The van der Waals surface area contributed by atoms with Gasteiger partial charge in [-0.25, -0.2) is 0 Å². The fourth-order valence-corrected chi connectivity index (χ4v) is 3.25. The topological polar surface area (TPSA) is 0 Å². The van der Waals surface area contributed by atoms with E-state index in [0.717, 1.165) is 0 Å². The van der Waals surface area contributed by atoms with Crippen molar-refractivity contribution in [3.8, 4) is 0 Å². The van der Waals surface area contributed by atoms with Crippen molar-refractivity contribution >= 4 is 27.6 Å². The Hall–Kier alpha value is -2.08. The molecule has 0 saturated heterocycles. The van der Waals surface area contributed by atoms with Gasteiger partial charge in [-0.05, 0) is 32.7 Å². The highest BCUT2D eigenvalue weighted by molar-refractivity contribution is 6.13. The van der Waals surface area contributed by atoms with E-state index in [1.165, 1.54) is 32.7 Å². The van der Waals surface area contributed by atoms with E-state index in [1.807, 2.05) is 0 Å². The molecular formula is C19H16. The van der Waals surface area contributed by atoms with E-state index in [9.17, 15) is 0 Å². The lowest BCUT2D eigenvalue weighted by molar-refractivity contribution is 0.681. The summed E-state index contributed by atoms with van der Waals surface area (Å²) < 4.78 is 0. The Morgan fingerprint density at radius 2 is 1.42 bits per heavy atom. The van der Waals surface area contributed by atoms with Crippen LogP contribution in [0.25, 0.3) is 27.6 Å². The van der Waals surface area contributed by atoms with Crippen molar-refractivity contribution in [3.05, 3.63) is 65.7 Å². The Morgan fingerprint density at radius 1 is 0.737 bits per heavy atom. The fraction of sp³-hybridized carbons (Fsp3) is 0.158. The van der Waals surface area contributed by atoms with Gasteiger partial charge in [0.2, 0.25) is 0 Å². The molecule has 0 heterocycles. The molecule has 0 spiro atoms. The van der Waals surface area contributed by atoms with Crippen LogP contribution in [0.15, 0.2) is 54.6 Å². The summed E-state index contributed by atoms with van der Waals surface area (Å²) in [6, 6.07) is 17.7. The van der Waals surface area contributed by atoms with Crippen molar-refractivity contribution in [2.75, 3.05) is 0 Å². The summed E-state index contributed by atoms with van der Waals surface area (Å²) in [6.45, 7) is 4.59. The molecule has 0 radical (unpaired) electrons. The van der Waals surface area contributed by atoms with E-state index in [0.29, 0.717) is 0 Å². The molecule has 19 heavy (non-hydrogen) atoms. The fourth-order valence-electron chi connectivity index (χ4n) is 3.25. The summed E-state index contributed by atoms with van der Waals surface area (Å²) in [6.07, 6.45) is 4.61. The molecule has 0 saturated carbocycles. The van der Waals surface area contributed by atoms with Crippen molar-refractivity contribution in [3.63, 3.8) is 0 Å². The maximum absolute atomic E-state index is 2.33. The zero-order valence-electron chi connectivity index (χ0n) is 11.3. The third-order valence-electron chi connectivity index (χ3n) is 4.29. The highest BCUT2D eigenvalue weighted by atomic mass is 14.3. The van der Waals surface area contributed by atoms with Crippen LogP contribution in [0.1, 0.15) is 25.0 Å². The molecule has 0 nitrogen and oxygen atoms in total. The first-order valence-corrected chi connectivity index (χ1v) is 6.81. The molecule has 0 fully saturated rings. The van der Waals surface area contributed by atoms with E-state index < -0.39 is 0 Å². The maximum Gasteiger partial charge on any atom is 0.00850 e. The first-order valence-electron chi connectivity index (χ1n) is 6.81. The minimum atomic E-state index is 0.0762. The molecule has 0 unspecified atom stereocenters. The molecule has 92 valence electrons. The van der Waals surface area contributed by atoms with Crippen molar-refractivity contribution < 1.29 is 0 Å². The third-order valence-corrected chi connectivity index (χ3v) is 4.29. The Morgan fingerprint density at radius 3 is 2.21 bits per heavy atom. The lowest BCUT2D eigenvalue weighted by Crippen LogP contribution is -2.13. The molecule has 3 aromatic carbocycles. The molecule has 1 aliphatic carbocycles. The minimum absolute atomic E-state index is 0.0762. The van der Waals surface area contributed by atoms with Gasteiger partial charge >= 0.3 is 0 Å². The van der Waals surface area contributed by atoms with Gasteiger partial charge in [0.25, 0.3) is 0 Å². The average Bonchev–Trinajstić information content (AvgIpc) is 2.54. The Balaban J connectivity index is 2.38. The van der Waals surface area contributed by atoms with E-state index in [2.05, 4.69) is 74.5 Å². The first-order chi connectivity index (χ1) is 9.17.